The fourth-order valence-electron chi connectivity index (χ4n) is 0.902. The molecule has 0 saturated carbocycles. The van der Waals surface area contributed by atoms with Crippen LogP contribution >= 0.6 is 0 Å². The molecule has 1 atom stereocenters. The highest BCUT2D eigenvalue weighted by Gasteiger charge is 2.45. The number of ether oxygens (including phenoxy) is 2. The van der Waals surface area contributed by atoms with Crippen LogP contribution in [0.25, 0.3) is 0 Å². The molecule has 1 N–H and O–H groups in total. The maximum Gasteiger partial charge on any atom is 0.353 e. The number of hydrogen-bond acceptors (Lipinski definition) is 4. The summed E-state index contributed by atoms with van der Waals surface area (Å²) in [6.07, 6.45) is -0.162. The third kappa shape index (κ3) is 2.68. The monoisotopic (exact) mass is 205 g/mol. The molecule has 0 aliphatic rings. The average Bonchev–Trinajstić information content (AvgIpc) is 2.17. The molecule has 14 heavy (non-hydrogen) atoms. The van der Waals surface area contributed by atoms with Crippen LogP contribution in [0.4, 0.5) is 4.39 Å². The first-order valence-electron chi connectivity index (χ1n) is 4.60. The summed E-state index contributed by atoms with van der Waals surface area (Å²) < 4.78 is 23.1. The molecule has 4 nitrogen and oxygen atoms in total. The smallest absolute Gasteiger partial charge is 0.353 e. The van der Waals surface area contributed by atoms with Crippen molar-refractivity contribution in [2.45, 2.75) is 32.9 Å². The number of esters is 1. The van der Waals surface area contributed by atoms with Gasteiger partial charge < -0.3 is 9.47 Å². The number of carbonyl (C=O) groups excluding carboxylic acids is 1. The molecule has 82 valence electrons. The molecule has 0 rings (SSSR count). The summed E-state index contributed by atoms with van der Waals surface area (Å²) in [7, 11) is 0. The molecular formula is C9H16FNO3. The van der Waals surface area contributed by atoms with Crippen molar-refractivity contribution in [3.63, 3.8) is 0 Å². The van der Waals surface area contributed by atoms with Crippen molar-refractivity contribution < 1.29 is 18.7 Å². The third-order valence-electron chi connectivity index (χ3n) is 1.73. The summed E-state index contributed by atoms with van der Waals surface area (Å²) in [5.74, 6) is -1.73. The van der Waals surface area contributed by atoms with Crippen LogP contribution < -0.4 is 0 Å². The zero-order chi connectivity index (χ0) is 11.2. The number of hydrogen-bond donors (Lipinski definition) is 1. The van der Waals surface area contributed by atoms with Gasteiger partial charge in [0.15, 0.2) is 0 Å². The Bertz CT molecular complexity index is 200. The normalized spacial score (nSPS) is 14.3. The molecule has 0 aromatic heterocycles. The first kappa shape index (κ1) is 12.9. The van der Waals surface area contributed by atoms with Gasteiger partial charge in [-0.25, -0.2) is 9.18 Å². The van der Waals surface area contributed by atoms with Gasteiger partial charge in [-0.2, -0.15) is 0 Å². The van der Waals surface area contributed by atoms with Crippen LogP contribution in [0.15, 0.2) is 0 Å². The molecule has 0 unspecified atom stereocenters. The summed E-state index contributed by atoms with van der Waals surface area (Å²) in [5, 5.41) is 7.25. The van der Waals surface area contributed by atoms with Gasteiger partial charge in [0.25, 0.3) is 5.67 Å². The molecule has 0 heterocycles. The largest absolute Gasteiger partial charge is 0.479 e. The van der Waals surface area contributed by atoms with Crippen LogP contribution in [-0.4, -0.2) is 30.7 Å². The lowest BCUT2D eigenvalue weighted by molar-refractivity contribution is -0.153. The summed E-state index contributed by atoms with van der Waals surface area (Å²) in [6.45, 7) is 4.91. The number of rotatable bonds is 5. The summed E-state index contributed by atoms with van der Waals surface area (Å²) in [4.78, 5) is 11.2. The molecule has 5 heteroatoms. The molecule has 0 aromatic rings. The highest BCUT2D eigenvalue weighted by molar-refractivity contribution is 6.04. The molecular weight excluding hydrogens is 189 g/mol. The Hall–Kier alpha value is -1.13. The van der Waals surface area contributed by atoms with Gasteiger partial charge in [-0.15, -0.1) is 0 Å². The molecule has 0 fully saturated rings. The fraction of sp³-hybridized carbons (Fsp3) is 0.778. The molecule has 0 aliphatic carbocycles. The van der Waals surface area contributed by atoms with E-state index in [-0.39, 0.29) is 19.6 Å². The van der Waals surface area contributed by atoms with E-state index in [2.05, 4.69) is 9.47 Å². The predicted molar refractivity (Wildman–Crippen MR) is 50.1 cm³/mol. The van der Waals surface area contributed by atoms with Crippen LogP contribution in [0, 0.1) is 5.41 Å². The van der Waals surface area contributed by atoms with Crippen molar-refractivity contribution in [2.75, 3.05) is 13.2 Å². The second kappa shape index (κ2) is 5.57. The minimum atomic E-state index is -2.44. The Morgan fingerprint density at radius 2 is 1.79 bits per heavy atom. The van der Waals surface area contributed by atoms with Crippen molar-refractivity contribution in [1.29, 1.82) is 5.41 Å². The van der Waals surface area contributed by atoms with Crippen molar-refractivity contribution >= 4 is 11.9 Å². The average molecular weight is 205 g/mol. The lowest BCUT2D eigenvalue weighted by Crippen LogP contribution is -2.44. The third-order valence-corrected chi connectivity index (χ3v) is 1.73. The SMILES string of the molecule is CCOC(=N)[C@](F)(CC)C(=O)OCC. The zero-order valence-corrected chi connectivity index (χ0v) is 8.72. The number of halogens is 1. The van der Waals surface area contributed by atoms with Crippen molar-refractivity contribution in [3.05, 3.63) is 0 Å². The van der Waals surface area contributed by atoms with E-state index >= 15 is 0 Å². The van der Waals surface area contributed by atoms with E-state index in [1.165, 1.54) is 6.92 Å². The van der Waals surface area contributed by atoms with E-state index in [4.69, 9.17) is 5.41 Å². The number of alkyl halides is 1. The maximum atomic E-state index is 13.9. The predicted octanol–water partition coefficient (Wildman–Crippen LogP) is 1.68. The van der Waals surface area contributed by atoms with Gasteiger partial charge in [-0.05, 0) is 20.3 Å². The van der Waals surface area contributed by atoms with E-state index in [0.717, 1.165) is 0 Å². The van der Waals surface area contributed by atoms with Gasteiger partial charge in [0.2, 0.25) is 5.90 Å². The van der Waals surface area contributed by atoms with E-state index < -0.39 is 17.5 Å². The summed E-state index contributed by atoms with van der Waals surface area (Å²) >= 11 is 0. The van der Waals surface area contributed by atoms with E-state index in [0.29, 0.717) is 0 Å². The molecule has 0 aromatic carbocycles. The minimum absolute atomic E-state index is 0.0872. The molecule has 0 aliphatic heterocycles. The van der Waals surface area contributed by atoms with Gasteiger partial charge in [-0.1, -0.05) is 6.92 Å². The highest BCUT2D eigenvalue weighted by Crippen LogP contribution is 2.20. The first-order chi connectivity index (χ1) is 6.52. The number of nitrogens with one attached hydrogen (secondary N) is 1. The van der Waals surface area contributed by atoms with Gasteiger partial charge in [0, 0.05) is 0 Å². The molecule has 0 amide bonds. The Morgan fingerprint density at radius 1 is 1.29 bits per heavy atom. The standard InChI is InChI=1S/C9H16FNO3/c1-4-9(10,7(11)13-5-2)8(12)14-6-3/h11H,4-6H2,1-3H3/t9-/m1/s1. The van der Waals surface area contributed by atoms with Crippen LogP contribution in [0.5, 0.6) is 0 Å². The second-order valence-electron chi connectivity index (χ2n) is 2.64. The van der Waals surface area contributed by atoms with Crippen molar-refractivity contribution in [3.8, 4) is 0 Å². The van der Waals surface area contributed by atoms with Crippen molar-refractivity contribution in [2.24, 2.45) is 0 Å². The van der Waals surface area contributed by atoms with Gasteiger partial charge in [0.05, 0.1) is 13.2 Å². The van der Waals surface area contributed by atoms with Gasteiger partial charge in [-0.3, -0.25) is 5.41 Å². The Balaban J connectivity index is 4.60. The molecule has 0 spiro atoms. The Morgan fingerprint density at radius 3 is 2.14 bits per heavy atom. The fourth-order valence-corrected chi connectivity index (χ4v) is 0.902. The van der Waals surface area contributed by atoms with E-state index in [9.17, 15) is 9.18 Å². The maximum absolute atomic E-state index is 13.9. The highest BCUT2D eigenvalue weighted by atomic mass is 19.1. The van der Waals surface area contributed by atoms with Crippen molar-refractivity contribution in [1.82, 2.24) is 0 Å². The molecule has 0 saturated heterocycles. The van der Waals surface area contributed by atoms with Crippen LogP contribution in [0.2, 0.25) is 0 Å². The van der Waals surface area contributed by atoms with Crippen LogP contribution in [0.3, 0.4) is 0 Å². The lowest BCUT2D eigenvalue weighted by atomic mass is 10.0. The zero-order valence-electron chi connectivity index (χ0n) is 8.72. The molecule has 0 bridgehead atoms. The lowest BCUT2D eigenvalue weighted by Gasteiger charge is -2.21. The van der Waals surface area contributed by atoms with Crippen LogP contribution in [0.1, 0.15) is 27.2 Å². The summed E-state index contributed by atoms with van der Waals surface area (Å²) in [5.41, 5.74) is -2.44. The second-order valence-corrected chi connectivity index (χ2v) is 2.64. The summed E-state index contributed by atoms with van der Waals surface area (Å²) in [6, 6.07) is 0. The first-order valence-corrected chi connectivity index (χ1v) is 4.60. The topological polar surface area (TPSA) is 59.4 Å². The number of carbonyl (C=O) groups is 1. The van der Waals surface area contributed by atoms with E-state index in [1.54, 1.807) is 13.8 Å². The Labute approximate surface area is 82.9 Å². The van der Waals surface area contributed by atoms with Gasteiger partial charge in [0.1, 0.15) is 0 Å². The quantitative estimate of drug-likeness (QED) is 0.422. The Kier molecular flexibility index (Phi) is 5.12. The van der Waals surface area contributed by atoms with Gasteiger partial charge >= 0.3 is 5.97 Å². The van der Waals surface area contributed by atoms with E-state index in [1.807, 2.05) is 0 Å². The van der Waals surface area contributed by atoms with Crippen LogP contribution in [-0.2, 0) is 14.3 Å². The minimum Gasteiger partial charge on any atom is -0.479 e. The molecule has 0 radical (unpaired) electrons.